The van der Waals surface area contributed by atoms with E-state index in [2.05, 4.69) is 35.2 Å². The summed E-state index contributed by atoms with van der Waals surface area (Å²) in [6.45, 7) is 1.92. The molecule has 2 aliphatic rings. The van der Waals surface area contributed by atoms with Crippen LogP contribution in [0.15, 0.2) is 78.9 Å². The highest BCUT2D eigenvalue weighted by molar-refractivity contribution is 6.06. The van der Waals surface area contributed by atoms with Gasteiger partial charge in [-0.3, -0.25) is 9.69 Å². The molecule has 1 saturated carbocycles. The number of anilines is 1. The molecule has 3 aromatic rings. The average molecular weight is 487 g/mol. The van der Waals surface area contributed by atoms with E-state index >= 15 is 0 Å². The highest BCUT2D eigenvalue weighted by atomic mass is 19.1. The fourth-order valence-electron chi connectivity index (χ4n) is 6.10. The van der Waals surface area contributed by atoms with Crippen LogP contribution in [-0.4, -0.2) is 43.1 Å². The molecule has 4 nitrogen and oxygen atoms in total. The number of halogens is 1. The maximum absolute atomic E-state index is 13.8. The molecule has 3 aromatic carbocycles. The van der Waals surface area contributed by atoms with Gasteiger partial charge in [-0.15, -0.1) is 0 Å². The van der Waals surface area contributed by atoms with Crippen molar-refractivity contribution in [2.75, 3.05) is 25.1 Å². The molecular formula is C31H35FN2O2. The molecule has 0 radical (unpaired) electrons. The molecule has 0 aromatic heterocycles. The summed E-state index contributed by atoms with van der Waals surface area (Å²) < 4.78 is 19.1. The summed E-state index contributed by atoms with van der Waals surface area (Å²) in [6, 6.07) is 25.1. The number of benzene rings is 3. The van der Waals surface area contributed by atoms with Gasteiger partial charge in [0.05, 0.1) is 7.11 Å². The van der Waals surface area contributed by atoms with Crippen LogP contribution in [0, 0.1) is 5.82 Å². The zero-order valence-electron chi connectivity index (χ0n) is 21.0. The number of rotatable bonds is 6. The second kappa shape index (κ2) is 11.3. The number of piperidine rings is 1. The molecule has 5 rings (SSSR count). The Balaban J connectivity index is 1.35. The van der Waals surface area contributed by atoms with Crippen molar-refractivity contribution in [3.8, 4) is 5.75 Å². The lowest BCUT2D eigenvalue weighted by Crippen LogP contribution is -2.51. The molecular weight excluding hydrogens is 451 g/mol. The number of amides is 1. The van der Waals surface area contributed by atoms with Gasteiger partial charge >= 0.3 is 0 Å². The lowest BCUT2D eigenvalue weighted by Gasteiger charge is -2.45. The van der Waals surface area contributed by atoms with Gasteiger partial charge in [-0.1, -0.05) is 49.2 Å². The van der Waals surface area contributed by atoms with E-state index in [-0.39, 0.29) is 17.8 Å². The lowest BCUT2D eigenvalue weighted by molar-refractivity contribution is 0.0894. The Morgan fingerprint density at radius 3 is 2.33 bits per heavy atom. The molecule has 1 aliphatic carbocycles. The minimum absolute atomic E-state index is 0.0594. The molecule has 36 heavy (non-hydrogen) atoms. The maximum Gasteiger partial charge on any atom is 0.258 e. The molecule has 1 saturated heterocycles. The number of hydrogen-bond acceptors (Lipinski definition) is 3. The Hall–Kier alpha value is -3.18. The molecule has 1 amide bonds. The van der Waals surface area contributed by atoms with Crippen LogP contribution in [0.3, 0.4) is 0 Å². The molecule has 0 spiro atoms. The molecule has 2 atom stereocenters. The number of methoxy groups -OCH3 is 1. The van der Waals surface area contributed by atoms with Crippen molar-refractivity contribution in [3.05, 3.63) is 95.8 Å². The Labute approximate surface area is 213 Å². The SMILES string of the molecule is COc1cccc(C(=O)N(c2ccc(F)cc2)C2CCN([C@@H]3CCCC[C@@H]3c3ccccc3)CC2)c1. The van der Waals surface area contributed by atoms with Crippen molar-refractivity contribution >= 4 is 11.6 Å². The third-order valence-corrected chi connectivity index (χ3v) is 7.93. The van der Waals surface area contributed by atoms with E-state index in [9.17, 15) is 9.18 Å². The van der Waals surface area contributed by atoms with Crippen molar-refractivity contribution in [1.29, 1.82) is 0 Å². The Morgan fingerprint density at radius 2 is 1.61 bits per heavy atom. The van der Waals surface area contributed by atoms with Gasteiger partial charge < -0.3 is 9.64 Å². The molecule has 0 bridgehead atoms. The summed E-state index contributed by atoms with van der Waals surface area (Å²) in [6.07, 6.45) is 6.83. The van der Waals surface area contributed by atoms with Gasteiger partial charge in [0.15, 0.2) is 0 Å². The predicted molar refractivity (Wildman–Crippen MR) is 142 cm³/mol. The monoisotopic (exact) mass is 486 g/mol. The Bertz CT molecular complexity index is 1140. The quantitative estimate of drug-likeness (QED) is 0.390. The molecule has 0 unspecified atom stereocenters. The van der Waals surface area contributed by atoms with Crippen molar-refractivity contribution in [2.45, 2.75) is 56.5 Å². The minimum Gasteiger partial charge on any atom is -0.497 e. The minimum atomic E-state index is -0.299. The summed E-state index contributed by atoms with van der Waals surface area (Å²) in [7, 11) is 1.60. The molecule has 5 heteroatoms. The normalized spacial score (nSPS) is 21.2. The van der Waals surface area contributed by atoms with Crippen LogP contribution < -0.4 is 9.64 Å². The largest absolute Gasteiger partial charge is 0.497 e. The fourth-order valence-corrected chi connectivity index (χ4v) is 6.10. The zero-order valence-corrected chi connectivity index (χ0v) is 21.0. The van der Waals surface area contributed by atoms with Crippen LogP contribution in [0.1, 0.15) is 60.4 Å². The van der Waals surface area contributed by atoms with Crippen LogP contribution in [0.5, 0.6) is 5.75 Å². The van der Waals surface area contributed by atoms with E-state index in [1.54, 1.807) is 25.3 Å². The smallest absolute Gasteiger partial charge is 0.258 e. The summed E-state index contributed by atoms with van der Waals surface area (Å²) in [5.41, 5.74) is 2.77. The van der Waals surface area contributed by atoms with Gasteiger partial charge in [-0.05, 0) is 79.6 Å². The van der Waals surface area contributed by atoms with Crippen molar-refractivity contribution in [2.24, 2.45) is 0 Å². The van der Waals surface area contributed by atoms with Crippen LogP contribution in [0.25, 0.3) is 0 Å². The lowest BCUT2D eigenvalue weighted by atomic mass is 9.78. The summed E-state index contributed by atoms with van der Waals surface area (Å²) >= 11 is 0. The van der Waals surface area contributed by atoms with E-state index < -0.39 is 0 Å². The van der Waals surface area contributed by atoms with Gasteiger partial charge in [-0.2, -0.15) is 0 Å². The second-order valence-electron chi connectivity index (χ2n) is 10.0. The standard InChI is InChI=1S/C31H35FN2O2/c1-36-28-11-7-10-24(22-28)31(35)34(26-16-14-25(32)15-17-26)27-18-20-33(21-19-27)30-13-6-5-12-29(30)23-8-3-2-4-9-23/h2-4,7-11,14-17,22,27,29-30H,5-6,12-13,18-21H2,1H3/t29-,30-/m1/s1. The van der Waals surface area contributed by atoms with Crippen LogP contribution in [0.2, 0.25) is 0 Å². The number of carbonyl (C=O) groups is 1. The summed E-state index contributed by atoms with van der Waals surface area (Å²) in [5, 5.41) is 0. The number of hydrogen-bond donors (Lipinski definition) is 0. The zero-order chi connectivity index (χ0) is 24.9. The Kier molecular flexibility index (Phi) is 7.66. The van der Waals surface area contributed by atoms with E-state index in [1.165, 1.54) is 43.4 Å². The van der Waals surface area contributed by atoms with Gasteiger partial charge in [-0.25, -0.2) is 4.39 Å². The van der Waals surface area contributed by atoms with E-state index in [0.29, 0.717) is 23.3 Å². The summed E-state index contributed by atoms with van der Waals surface area (Å²) in [5.74, 6) is 0.854. The first kappa shape index (κ1) is 24.5. The highest BCUT2D eigenvalue weighted by Gasteiger charge is 2.36. The van der Waals surface area contributed by atoms with E-state index in [1.807, 2.05) is 23.1 Å². The van der Waals surface area contributed by atoms with E-state index in [0.717, 1.165) is 31.6 Å². The third kappa shape index (κ3) is 5.31. The second-order valence-corrected chi connectivity index (χ2v) is 10.0. The molecule has 1 heterocycles. The first-order valence-electron chi connectivity index (χ1n) is 13.2. The summed E-state index contributed by atoms with van der Waals surface area (Å²) in [4.78, 5) is 18.3. The van der Waals surface area contributed by atoms with Gasteiger partial charge in [0.1, 0.15) is 11.6 Å². The van der Waals surface area contributed by atoms with Crippen LogP contribution in [0.4, 0.5) is 10.1 Å². The number of likely N-dealkylation sites (tertiary alicyclic amines) is 1. The molecule has 2 fully saturated rings. The predicted octanol–water partition coefficient (Wildman–Crippen LogP) is 6.67. The maximum atomic E-state index is 13.8. The third-order valence-electron chi connectivity index (χ3n) is 7.93. The number of nitrogens with zero attached hydrogens (tertiary/aromatic N) is 2. The topological polar surface area (TPSA) is 32.8 Å². The molecule has 1 aliphatic heterocycles. The molecule has 188 valence electrons. The van der Waals surface area contributed by atoms with Gasteiger partial charge in [0, 0.05) is 36.4 Å². The molecule has 0 N–H and O–H groups in total. The van der Waals surface area contributed by atoms with Crippen molar-refractivity contribution in [3.63, 3.8) is 0 Å². The highest BCUT2D eigenvalue weighted by Crippen LogP contribution is 2.38. The van der Waals surface area contributed by atoms with Crippen molar-refractivity contribution in [1.82, 2.24) is 4.90 Å². The number of ether oxygens (including phenoxy) is 1. The number of carbonyl (C=O) groups excluding carboxylic acids is 1. The van der Waals surface area contributed by atoms with E-state index in [4.69, 9.17) is 4.74 Å². The van der Waals surface area contributed by atoms with Crippen LogP contribution in [-0.2, 0) is 0 Å². The first-order chi connectivity index (χ1) is 17.6. The first-order valence-corrected chi connectivity index (χ1v) is 13.2. The Morgan fingerprint density at radius 1 is 0.889 bits per heavy atom. The average Bonchev–Trinajstić information content (AvgIpc) is 2.95. The van der Waals surface area contributed by atoms with Gasteiger partial charge in [0.2, 0.25) is 0 Å². The van der Waals surface area contributed by atoms with Crippen molar-refractivity contribution < 1.29 is 13.9 Å². The van der Waals surface area contributed by atoms with Gasteiger partial charge in [0.25, 0.3) is 5.91 Å². The fraction of sp³-hybridized carbons (Fsp3) is 0.387. The van der Waals surface area contributed by atoms with Crippen LogP contribution >= 0.6 is 0 Å².